The van der Waals surface area contributed by atoms with E-state index in [1.54, 1.807) is 0 Å². The third kappa shape index (κ3) is 4.31. The Labute approximate surface area is 129 Å². The number of likely N-dealkylation sites (tertiary alicyclic amines) is 1. The van der Waals surface area contributed by atoms with Crippen LogP contribution in [0.15, 0.2) is 24.3 Å². The van der Waals surface area contributed by atoms with Crippen LogP contribution in [0.25, 0.3) is 0 Å². The molecule has 0 bridgehead atoms. The molecular weight excluding hydrogens is 256 g/mol. The zero-order chi connectivity index (χ0) is 14.7. The standard InChI is InChI=1S/C19H30N2/c1-15-5-7-17(8-6-15)19(18-9-10-18)20-13-16(2)14-21-11-3-4-12-21/h5-8,16,18-20H,3-4,9-14H2,1-2H3. The summed E-state index contributed by atoms with van der Waals surface area (Å²) in [6, 6.07) is 9.71. The lowest BCUT2D eigenvalue weighted by Gasteiger charge is -2.24. The van der Waals surface area contributed by atoms with Crippen molar-refractivity contribution in [3.8, 4) is 0 Å². The molecule has 0 aromatic heterocycles. The molecule has 0 spiro atoms. The largest absolute Gasteiger partial charge is 0.309 e. The summed E-state index contributed by atoms with van der Waals surface area (Å²) in [5.74, 6) is 1.61. The van der Waals surface area contributed by atoms with Gasteiger partial charge in [0.1, 0.15) is 0 Å². The molecule has 1 heterocycles. The number of hydrogen-bond donors (Lipinski definition) is 1. The van der Waals surface area contributed by atoms with Crippen molar-refractivity contribution in [1.82, 2.24) is 10.2 Å². The fourth-order valence-electron chi connectivity index (χ4n) is 3.56. The highest BCUT2D eigenvalue weighted by Gasteiger charge is 2.32. The Morgan fingerprint density at radius 2 is 1.81 bits per heavy atom. The predicted octanol–water partition coefficient (Wildman–Crippen LogP) is 3.77. The van der Waals surface area contributed by atoms with Crippen molar-refractivity contribution in [2.75, 3.05) is 26.2 Å². The molecule has 1 aliphatic carbocycles. The maximum atomic E-state index is 3.86. The minimum atomic E-state index is 0.576. The number of aryl methyl sites for hydroxylation is 1. The molecule has 21 heavy (non-hydrogen) atoms. The highest BCUT2D eigenvalue weighted by molar-refractivity contribution is 5.25. The van der Waals surface area contributed by atoms with Crippen LogP contribution in [0.4, 0.5) is 0 Å². The molecule has 2 atom stereocenters. The van der Waals surface area contributed by atoms with Gasteiger partial charge in [0.25, 0.3) is 0 Å². The van der Waals surface area contributed by atoms with Crippen LogP contribution in [-0.4, -0.2) is 31.1 Å². The van der Waals surface area contributed by atoms with Crippen LogP contribution in [0.2, 0.25) is 0 Å². The van der Waals surface area contributed by atoms with Gasteiger partial charge in [0.2, 0.25) is 0 Å². The summed E-state index contributed by atoms with van der Waals surface area (Å²) in [5.41, 5.74) is 2.84. The van der Waals surface area contributed by atoms with Crippen molar-refractivity contribution in [2.45, 2.75) is 45.6 Å². The van der Waals surface area contributed by atoms with Gasteiger partial charge in [0.15, 0.2) is 0 Å². The predicted molar refractivity (Wildman–Crippen MR) is 89.5 cm³/mol. The Morgan fingerprint density at radius 3 is 2.43 bits per heavy atom. The Balaban J connectivity index is 1.51. The first-order valence-corrected chi connectivity index (χ1v) is 8.74. The van der Waals surface area contributed by atoms with Gasteiger partial charge in [-0.2, -0.15) is 0 Å². The van der Waals surface area contributed by atoms with E-state index in [0.717, 1.165) is 18.4 Å². The molecule has 2 fully saturated rings. The minimum Gasteiger partial charge on any atom is -0.309 e. The molecule has 116 valence electrons. The molecule has 2 aliphatic rings. The molecule has 1 saturated heterocycles. The van der Waals surface area contributed by atoms with E-state index in [9.17, 15) is 0 Å². The van der Waals surface area contributed by atoms with E-state index in [0.29, 0.717) is 6.04 Å². The van der Waals surface area contributed by atoms with Crippen LogP contribution >= 0.6 is 0 Å². The van der Waals surface area contributed by atoms with Crippen molar-refractivity contribution in [3.05, 3.63) is 35.4 Å². The Bertz CT molecular complexity index is 429. The highest BCUT2D eigenvalue weighted by atomic mass is 15.1. The second kappa shape index (κ2) is 6.93. The lowest BCUT2D eigenvalue weighted by atomic mass is 10.00. The summed E-state index contributed by atoms with van der Waals surface area (Å²) < 4.78 is 0. The van der Waals surface area contributed by atoms with Crippen molar-refractivity contribution in [3.63, 3.8) is 0 Å². The Hall–Kier alpha value is -0.860. The molecular formula is C19H30N2. The van der Waals surface area contributed by atoms with Crippen molar-refractivity contribution < 1.29 is 0 Å². The quantitative estimate of drug-likeness (QED) is 0.821. The van der Waals surface area contributed by atoms with E-state index in [1.807, 2.05) is 0 Å². The highest BCUT2D eigenvalue weighted by Crippen LogP contribution is 2.41. The average molecular weight is 286 g/mol. The van der Waals surface area contributed by atoms with Crippen LogP contribution < -0.4 is 5.32 Å². The van der Waals surface area contributed by atoms with E-state index in [1.165, 1.54) is 56.4 Å². The topological polar surface area (TPSA) is 15.3 Å². The molecule has 0 radical (unpaired) electrons. The van der Waals surface area contributed by atoms with Gasteiger partial charge in [-0.05, 0) is 69.6 Å². The van der Waals surface area contributed by atoms with Crippen LogP contribution in [0.3, 0.4) is 0 Å². The van der Waals surface area contributed by atoms with Crippen LogP contribution in [-0.2, 0) is 0 Å². The molecule has 3 rings (SSSR count). The number of hydrogen-bond acceptors (Lipinski definition) is 2. The molecule has 1 aromatic rings. The first kappa shape index (κ1) is 15.1. The first-order chi connectivity index (χ1) is 10.2. The van der Waals surface area contributed by atoms with E-state index < -0.39 is 0 Å². The van der Waals surface area contributed by atoms with E-state index in [-0.39, 0.29) is 0 Å². The second-order valence-electron chi connectivity index (χ2n) is 7.25. The summed E-state index contributed by atoms with van der Waals surface area (Å²) in [4.78, 5) is 2.63. The SMILES string of the molecule is Cc1ccc(C(NCC(C)CN2CCCC2)C2CC2)cc1. The van der Waals surface area contributed by atoms with Gasteiger partial charge in [0.05, 0.1) is 0 Å². The summed E-state index contributed by atoms with van der Waals surface area (Å²) in [5, 5.41) is 3.86. The molecule has 1 aromatic carbocycles. The maximum absolute atomic E-state index is 3.86. The smallest absolute Gasteiger partial charge is 0.0348 e. The van der Waals surface area contributed by atoms with Gasteiger partial charge in [-0.1, -0.05) is 36.8 Å². The van der Waals surface area contributed by atoms with Gasteiger partial charge in [-0.3, -0.25) is 0 Å². The molecule has 1 N–H and O–H groups in total. The fraction of sp³-hybridized carbons (Fsp3) is 0.684. The monoisotopic (exact) mass is 286 g/mol. The number of nitrogens with one attached hydrogen (secondary N) is 1. The fourth-order valence-corrected chi connectivity index (χ4v) is 3.56. The molecule has 2 heteroatoms. The first-order valence-electron chi connectivity index (χ1n) is 8.74. The lowest BCUT2D eigenvalue weighted by Crippen LogP contribution is -2.34. The van der Waals surface area contributed by atoms with Crippen LogP contribution in [0, 0.1) is 18.8 Å². The number of rotatable bonds is 7. The third-order valence-electron chi connectivity index (χ3n) is 4.98. The average Bonchev–Trinajstić information content (AvgIpc) is 3.18. The van der Waals surface area contributed by atoms with Crippen LogP contribution in [0.5, 0.6) is 0 Å². The van der Waals surface area contributed by atoms with E-state index >= 15 is 0 Å². The van der Waals surface area contributed by atoms with Gasteiger partial charge in [0, 0.05) is 12.6 Å². The summed E-state index contributed by atoms with van der Waals surface area (Å²) in [7, 11) is 0. The molecule has 1 aliphatic heterocycles. The van der Waals surface area contributed by atoms with E-state index in [2.05, 4.69) is 48.3 Å². The number of nitrogens with zero attached hydrogens (tertiary/aromatic N) is 1. The van der Waals surface area contributed by atoms with Gasteiger partial charge in [-0.15, -0.1) is 0 Å². The van der Waals surface area contributed by atoms with E-state index in [4.69, 9.17) is 0 Å². The van der Waals surface area contributed by atoms with Crippen molar-refractivity contribution in [1.29, 1.82) is 0 Å². The zero-order valence-corrected chi connectivity index (χ0v) is 13.6. The number of benzene rings is 1. The van der Waals surface area contributed by atoms with Crippen molar-refractivity contribution >= 4 is 0 Å². The normalized spacial score (nSPS) is 22.4. The lowest BCUT2D eigenvalue weighted by molar-refractivity contribution is 0.275. The molecule has 2 nitrogen and oxygen atoms in total. The molecule has 1 saturated carbocycles. The maximum Gasteiger partial charge on any atom is 0.0348 e. The second-order valence-corrected chi connectivity index (χ2v) is 7.25. The third-order valence-corrected chi connectivity index (χ3v) is 4.98. The van der Waals surface area contributed by atoms with Gasteiger partial charge < -0.3 is 10.2 Å². The Morgan fingerprint density at radius 1 is 1.14 bits per heavy atom. The summed E-state index contributed by atoms with van der Waals surface area (Å²) in [6.45, 7) is 9.60. The van der Waals surface area contributed by atoms with Crippen LogP contribution in [0.1, 0.15) is 49.8 Å². The van der Waals surface area contributed by atoms with Gasteiger partial charge >= 0.3 is 0 Å². The summed E-state index contributed by atoms with van der Waals surface area (Å²) >= 11 is 0. The summed E-state index contributed by atoms with van der Waals surface area (Å²) in [6.07, 6.45) is 5.58. The molecule has 0 amide bonds. The zero-order valence-electron chi connectivity index (χ0n) is 13.6. The van der Waals surface area contributed by atoms with Crippen molar-refractivity contribution in [2.24, 2.45) is 11.8 Å². The van der Waals surface area contributed by atoms with Gasteiger partial charge in [-0.25, -0.2) is 0 Å². The molecule has 2 unspecified atom stereocenters. The Kier molecular flexibility index (Phi) is 4.97. The minimum absolute atomic E-state index is 0.576.